The Balaban J connectivity index is 1.50. The van der Waals surface area contributed by atoms with Crippen LogP contribution in [0, 0.1) is 0 Å². The highest BCUT2D eigenvalue weighted by atomic mass is 16.5. The Labute approximate surface area is 208 Å². The van der Waals surface area contributed by atoms with E-state index in [-0.39, 0.29) is 30.0 Å². The quantitative estimate of drug-likeness (QED) is 0.480. The van der Waals surface area contributed by atoms with Crippen LogP contribution in [-0.4, -0.2) is 53.0 Å². The van der Waals surface area contributed by atoms with Gasteiger partial charge in [0.05, 0.1) is 25.8 Å². The molecule has 9 heteroatoms. The van der Waals surface area contributed by atoms with Crippen LogP contribution in [0.15, 0.2) is 48.5 Å². The summed E-state index contributed by atoms with van der Waals surface area (Å²) in [6, 6.07) is 14.6. The Bertz CT molecular complexity index is 1320. The third-order valence-corrected chi connectivity index (χ3v) is 6.94. The van der Waals surface area contributed by atoms with Gasteiger partial charge in [-0.2, -0.15) is 5.10 Å². The molecule has 186 valence electrons. The van der Waals surface area contributed by atoms with Crippen molar-refractivity contribution in [2.24, 2.45) is 0 Å². The highest BCUT2D eigenvalue weighted by Crippen LogP contribution is 2.51. The van der Waals surface area contributed by atoms with Gasteiger partial charge in [-0.3, -0.25) is 9.59 Å². The maximum absolute atomic E-state index is 13.8. The molecule has 0 unspecified atom stereocenters. The number of nitrogens with zero attached hydrogens (tertiary/aromatic N) is 3. The number of carboxylic acids is 1. The lowest BCUT2D eigenvalue weighted by molar-refractivity contribution is -0.137. The Morgan fingerprint density at radius 2 is 1.72 bits per heavy atom. The second-order valence-corrected chi connectivity index (χ2v) is 9.11. The fraction of sp³-hybridized carbons (Fsp3) is 0.333. The summed E-state index contributed by atoms with van der Waals surface area (Å²) in [7, 11) is 1.57. The van der Waals surface area contributed by atoms with E-state index >= 15 is 0 Å². The smallest absolute Gasteiger partial charge is 0.359 e. The maximum Gasteiger partial charge on any atom is 0.359 e. The average Bonchev–Trinajstić information content (AvgIpc) is 3.54. The number of benzene rings is 2. The van der Waals surface area contributed by atoms with Gasteiger partial charge in [0.1, 0.15) is 11.4 Å². The molecule has 0 spiro atoms. The number of aromatic nitrogens is 2. The molecule has 2 aromatic carbocycles. The monoisotopic (exact) mass is 489 g/mol. The second kappa shape index (κ2) is 9.14. The van der Waals surface area contributed by atoms with Gasteiger partial charge in [-0.05, 0) is 68.1 Å². The van der Waals surface area contributed by atoms with Crippen LogP contribution >= 0.6 is 0 Å². The summed E-state index contributed by atoms with van der Waals surface area (Å²) in [6.07, 6.45) is 2.25. The summed E-state index contributed by atoms with van der Waals surface area (Å²) < 4.78 is 11.9. The van der Waals surface area contributed by atoms with Gasteiger partial charge in [0.15, 0.2) is 5.69 Å². The molecule has 1 aromatic heterocycles. The largest absolute Gasteiger partial charge is 0.497 e. The third kappa shape index (κ3) is 4.10. The Kier molecular flexibility index (Phi) is 5.99. The van der Waals surface area contributed by atoms with Crippen LogP contribution in [0.3, 0.4) is 0 Å². The normalized spacial score (nSPS) is 15.8. The SMILES string of the molecule is CCOC(=O)c1nn(-c2ccc(OC)cc2)c2c1CCN(c1ccc(C3(CC(=O)O)CC3)cc1)C2=O. The average molecular weight is 490 g/mol. The van der Waals surface area contributed by atoms with Gasteiger partial charge in [-0.1, -0.05) is 12.1 Å². The van der Waals surface area contributed by atoms with Crippen molar-refractivity contribution in [1.82, 2.24) is 9.78 Å². The van der Waals surface area contributed by atoms with Crippen molar-refractivity contribution in [3.8, 4) is 11.4 Å². The van der Waals surface area contributed by atoms with E-state index in [1.807, 2.05) is 24.3 Å². The zero-order valence-corrected chi connectivity index (χ0v) is 20.2. The van der Waals surface area contributed by atoms with Gasteiger partial charge >= 0.3 is 11.9 Å². The lowest BCUT2D eigenvalue weighted by atomic mass is 9.92. The van der Waals surface area contributed by atoms with E-state index in [0.29, 0.717) is 41.3 Å². The molecule has 2 heterocycles. The van der Waals surface area contributed by atoms with Crippen molar-refractivity contribution >= 4 is 23.5 Å². The Hall–Kier alpha value is -4.14. The van der Waals surface area contributed by atoms with E-state index in [4.69, 9.17) is 9.47 Å². The molecular weight excluding hydrogens is 462 g/mol. The molecule has 1 N–H and O–H groups in total. The second-order valence-electron chi connectivity index (χ2n) is 9.11. The molecule has 1 fully saturated rings. The van der Waals surface area contributed by atoms with Crippen molar-refractivity contribution in [1.29, 1.82) is 0 Å². The van der Waals surface area contributed by atoms with Crippen LogP contribution in [0.2, 0.25) is 0 Å². The van der Waals surface area contributed by atoms with Gasteiger partial charge in [0.2, 0.25) is 0 Å². The number of ether oxygens (including phenoxy) is 2. The molecule has 2 aliphatic rings. The van der Waals surface area contributed by atoms with Crippen LogP contribution < -0.4 is 9.64 Å². The maximum atomic E-state index is 13.8. The molecule has 36 heavy (non-hydrogen) atoms. The minimum Gasteiger partial charge on any atom is -0.497 e. The Morgan fingerprint density at radius 1 is 1.06 bits per heavy atom. The molecule has 1 saturated carbocycles. The van der Waals surface area contributed by atoms with E-state index in [0.717, 1.165) is 18.4 Å². The van der Waals surface area contributed by atoms with Crippen molar-refractivity contribution in [3.05, 3.63) is 71.0 Å². The van der Waals surface area contributed by atoms with E-state index in [1.165, 1.54) is 4.68 Å². The van der Waals surface area contributed by atoms with E-state index in [2.05, 4.69) is 5.10 Å². The predicted octanol–water partition coefficient (Wildman–Crippen LogP) is 3.77. The summed E-state index contributed by atoms with van der Waals surface area (Å²) >= 11 is 0. The number of rotatable bonds is 8. The van der Waals surface area contributed by atoms with Gasteiger partial charge in [-0.25, -0.2) is 9.48 Å². The molecule has 0 bridgehead atoms. The number of amides is 1. The predicted molar refractivity (Wildman–Crippen MR) is 131 cm³/mol. The highest BCUT2D eigenvalue weighted by molar-refractivity contribution is 6.09. The molecule has 1 amide bonds. The molecule has 1 aliphatic heterocycles. The van der Waals surface area contributed by atoms with E-state index in [1.54, 1.807) is 43.2 Å². The van der Waals surface area contributed by atoms with Crippen LogP contribution in [0.5, 0.6) is 5.75 Å². The lowest BCUT2D eigenvalue weighted by Gasteiger charge is -2.28. The number of aliphatic carboxylic acids is 1. The first-order chi connectivity index (χ1) is 17.4. The lowest BCUT2D eigenvalue weighted by Crippen LogP contribution is -2.39. The third-order valence-electron chi connectivity index (χ3n) is 6.94. The zero-order valence-electron chi connectivity index (χ0n) is 20.2. The number of hydrogen-bond donors (Lipinski definition) is 1. The van der Waals surface area contributed by atoms with Gasteiger partial charge in [0.25, 0.3) is 5.91 Å². The summed E-state index contributed by atoms with van der Waals surface area (Å²) in [4.78, 5) is 39.4. The number of carbonyl (C=O) groups is 3. The first-order valence-electron chi connectivity index (χ1n) is 11.9. The first kappa shape index (κ1) is 23.6. The Morgan fingerprint density at radius 3 is 2.31 bits per heavy atom. The molecule has 0 radical (unpaired) electrons. The molecule has 5 rings (SSSR count). The molecule has 1 aliphatic carbocycles. The van der Waals surface area contributed by atoms with Gasteiger partial charge < -0.3 is 19.5 Å². The fourth-order valence-electron chi connectivity index (χ4n) is 4.88. The molecule has 0 atom stereocenters. The molecule has 9 nitrogen and oxygen atoms in total. The van der Waals surface area contributed by atoms with E-state index in [9.17, 15) is 19.5 Å². The first-order valence-corrected chi connectivity index (χ1v) is 11.9. The van der Waals surface area contributed by atoms with Crippen LogP contribution in [0.4, 0.5) is 5.69 Å². The van der Waals surface area contributed by atoms with Crippen molar-refractivity contribution in [2.45, 2.75) is 38.0 Å². The minimum absolute atomic E-state index is 0.107. The summed E-state index contributed by atoms with van der Waals surface area (Å²) in [5.74, 6) is -0.969. The minimum atomic E-state index is -0.806. The number of carbonyl (C=O) groups excluding carboxylic acids is 2. The summed E-state index contributed by atoms with van der Waals surface area (Å²) in [5.41, 5.74) is 3.05. The number of fused-ring (bicyclic) bond motifs is 1. The van der Waals surface area contributed by atoms with Crippen molar-refractivity contribution in [3.63, 3.8) is 0 Å². The number of methoxy groups -OCH3 is 1. The fourth-order valence-corrected chi connectivity index (χ4v) is 4.88. The van der Waals surface area contributed by atoms with Gasteiger partial charge in [-0.15, -0.1) is 0 Å². The number of esters is 1. The standard InChI is InChI=1S/C27H27N3O6/c1-3-36-26(34)23-21-12-15-29(18-6-4-17(5-7-18)27(13-14-27)16-22(31)32)25(33)24(21)30(28-23)19-8-10-20(35-2)11-9-19/h4-11H,3,12-16H2,1-2H3,(H,31,32). The van der Waals surface area contributed by atoms with E-state index < -0.39 is 11.9 Å². The zero-order chi connectivity index (χ0) is 25.4. The topological polar surface area (TPSA) is 111 Å². The van der Waals surface area contributed by atoms with Crippen molar-refractivity contribution < 1.29 is 29.0 Å². The summed E-state index contributed by atoms with van der Waals surface area (Å²) in [6.45, 7) is 2.31. The van der Waals surface area contributed by atoms with Gasteiger partial charge in [0, 0.05) is 23.2 Å². The number of hydrogen-bond acceptors (Lipinski definition) is 6. The van der Waals surface area contributed by atoms with Crippen molar-refractivity contribution in [2.75, 3.05) is 25.2 Å². The molecule has 3 aromatic rings. The molecule has 0 saturated heterocycles. The summed E-state index contributed by atoms with van der Waals surface area (Å²) in [5, 5.41) is 13.8. The van der Waals surface area contributed by atoms with Crippen LogP contribution in [0.25, 0.3) is 5.69 Å². The van der Waals surface area contributed by atoms with Crippen LogP contribution in [-0.2, 0) is 21.4 Å². The number of anilines is 1. The highest BCUT2D eigenvalue weighted by Gasteiger charge is 2.46. The molecular formula is C27H27N3O6. The van der Waals surface area contributed by atoms with Crippen LogP contribution in [0.1, 0.15) is 58.3 Å². The number of carboxylic acid groups (broad SMARTS) is 1.